The van der Waals surface area contributed by atoms with Gasteiger partial charge in [0.25, 0.3) is 0 Å². The van der Waals surface area contributed by atoms with Crippen molar-refractivity contribution in [3.05, 3.63) is 130 Å². The van der Waals surface area contributed by atoms with E-state index in [0.29, 0.717) is 5.52 Å². The fourth-order valence-electron chi connectivity index (χ4n) is 7.83. The van der Waals surface area contributed by atoms with E-state index in [1.54, 1.807) is 0 Å². The average molecular weight is 854 g/mol. The summed E-state index contributed by atoms with van der Waals surface area (Å²) < 4.78 is 0. The quantitative estimate of drug-likeness (QED) is 0.180. The molecule has 0 saturated heterocycles. The second-order valence-electron chi connectivity index (χ2n) is 16.7. The third kappa shape index (κ3) is 6.20. The summed E-state index contributed by atoms with van der Waals surface area (Å²) in [5.41, 5.74) is 14.2. The average Bonchev–Trinajstić information content (AvgIpc) is 3.04. The first-order valence-electron chi connectivity index (χ1n) is 17.7. The van der Waals surface area contributed by atoms with E-state index >= 15 is 0 Å². The molecule has 0 radical (unpaired) electrons. The van der Waals surface area contributed by atoms with Crippen molar-refractivity contribution in [2.24, 2.45) is 0 Å². The normalized spacial score (nSPS) is 13.8. The molecule has 0 atom stereocenters. The van der Waals surface area contributed by atoms with Crippen LogP contribution in [-0.2, 0) is 37.3 Å². The number of aromatic hydroxyl groups is 1. The summed E-state index contributed by atoms with van der Waals surface area (Å²) in [6.07, 6.45) is 1.91. The maximum Gasteiger partial charge on any atom is 0.144 e. The van der Waals surface area contributed by atoms with E-state index in [1.165, 1.54) is 38.9 Å². The van der Waals surface area contributed by atoms with Crippen molar-refractivity contribution in [3.8, 4) is 28.1 Å². The van der Waals surface area contributed by atoms with Crippen LogP contribution in [0.5, 0.6) is 5.75 Å². The zero-order chi connectivity index (χ0) is 35.9. The van der Waals surface area contributed by atoms with Crippen LogP contribution in [0.25, 0.3) is 33.3 Å². The Bertz CT molecular complexity index is 2300. The van der Waals surface area contributed by atoms with Crippen molar-refractivity contribution in [2.75, 3.05) is 4.90 Å². The van der Waals surface area contributed by atoms with Crippen LogP contribution >= 0.6 is 0 Å². The molecule has 5 heteroatoms. The SMILES string of the molecule is Cc1cc(C)c(-c2cc(C(C)(C)C)c(O)c3nc(-c4[c-]c5c(cc4)C(C)(C)c4ccccc4N5c4cc(C(C)(C)C)ccn4)ccc23)c(C)c1.[Pt]. The van der Waals surface area contributed by atoms with E-state index in [-0.39, 0.29) is 43.1 Å². The van der Waals surface area contributed by atoms with Crippen LogP contribution < -0.4 is 4.90 Å². The molecule has 0 aliphatic carbocycles. The summed E-state index contributed by atoms with van der Waals surface area (Å²) in [7, 11) is 0. The first kappa shape index (κ1) is 36.5. The predicted octanol–water partition coefficient (Wildman–Crippen LogP) is 12.1. The summed E-state index contributed by atoms with van der Waals surface area (Å²) >= 11 is 0. The van der Waals surface area contributed by atoms with E-state index in [0.717, 1.165) is 45.0 Å². The molecule has 2 aromatic heterocycles. The third-order valence-electron chi connectivity index (χ3n) is 10.5. The third-order valence-corrected chi connectivity index (χ3v) is 10.5. The number of anilines is 3. The van der Waals surface area contributed by atoms with E-state index in [1.807, 2.05) is 6.20 Å². The van der Waals surface area contributed by atoms with Crippen molar-refractivity contribution >= 4 is 28.1 Å². The summed E-state index contributed by atoms with van der Waals surface area (Å²) in [5.74, 6) is 1.10. The fraction of sp³-hybridized carbons (Fsp3) is 0.304. The van der Waals surface area contributed by atoms with Gasteiger partial charge in [-0.2, -0.15) is 0 Å². The van der Waals surface area contributed by atoms with Gasteiger partial charge in [-0.1, -0.05) is 109 Å². The molecule has 4 nitrogen and oxygen atoms in total. The molecule has 3 heterocycles. The molecule has 1 aliphatic heterocycles. The van der Waals surface area contributed by atoms with Gasteiger partial charge in [-0.05, 0) is 106 Å². The molecule has 0 unspecified atom stereocenters. The van der Waals surface area contributed by atoms with Crippen LogP contribution in [0.2, 0.25) is 0 Å². The molecule has 7 rings (SSSR count). The molecule has 51 heavy (non-hydrogen) atoms. The van der Waals surface area contributed by atoms with Gasteiger partial charge in [-0.15, -0.1) is 23.8 Å². The summed E-state index contributed by atoms with van der Waals surface area (Å²) in [4.78, 5) is 12.4. The molecular weight excluding hydrogens is 806 g/mol. The van der Waals surface area contributed by atoms with E-state index in [9.17, 15) is 5.11 Å². The molecule has 0 bridgehead atoms. The van der Waals surface area contributed by atoms with Crippen LogP contribution in [0, 0.1) is 26.8 Å². The monoisotopic (exact) mass is 853 g/mol. The first-order valence-corrected chi connectivity index (χ1v) is 17.7. The van der Waals surface area contributed by atoms with Gasteiger partial charge in [-0.3, -0.25) is 4.98 Å². The number of para-hydroxylation sites is 1. The number of aromatic nitrogens is 2. The van der Waals surface area contributed by atoms with Crippen molar-refractivity contribution in [3.63, 3.8) is 0 Å². The maximum absolute atomic E-state index is 11.9. The summed E-state index contributed by atoms with van der Waals surface area (Å²) in [6.45, 7) is 24.2. The van der Waals surface area contributed by atoms with Crippen molar-refractivity contribution in [1.82, 2.24) is 9.97 Å². The molecule has 0 spiro atoms. The van der Waals surface area contributed by atoms with Gasteiger partial charge >= 0.3 is 0 Å². The Hall–Kier alpha value is -4.27. The molecule has 1 N–H and O–H groups in total. The zero-order valence-corrected chi connectivity index (χ0v) is 34.0. The van der Waals surface area contributed by atoms with Gasteiger partial charge in [0, 0.05) is 43.9 Å². The first-order chi connectivity index (χ1) is 23.5. The second-order valence-corrected chi connectivity index (χ2v) is 16.7. The summed E-state index contributed by atoms with van der Waals surface area (Å²) in [5, 5.41) is 12.8. The minimum atomic E-state index is -0.288. The van der Waals surface area contributed by atoms with Crippen LogP contribution in [0.15, 0.2) is 85.1 Å². The second kappa shape index (κ2) is 12.7. The molecule has 0 amide bonds. The largest absolute Gasteiger partial charge is 0.505 e. The standard InChI is InChI=1S/C46H48N3O.Pt/c1-27-22-28(2)41(29(3)23-27)33-26-36(45(7,8)9)43(50)42-32(33)17-19-37(48-42)30-16-18-35-39(24-30)49(38-15-13-12-14-34(38)46(35,10)11)40-25-31(20-21-47-40)44(4,5)6;/h12-23,25-26,50H,1-11H3;/q-1;. The predicted molar refractivity (Wildman–Crippen MR) is 209 cm³/mol. The molecule has 264 valence electrons. The van der Waals surface area contributed by atoms with Gasteiger partial charge in [-0.25, -0.2) is 4.98 Å². The van der Waals surface area contributed by atoms with Gasteiger partial charge in [0.2, 0.25) is 0 Å². The fourth-order valence-corrected chi connectivity index (χ4v) is 7.83. The number of pyridine rings is 2. The van der Waals surface area contributed by atoms with Gasteiger partial charge < -0.3 is 10.0 Å². The van der Waals surface area contributed by atoms with E-state index < -0.39 is 0 Å². The Labute approximate surface area is 318 Å². The molecule has 6 aromatic rings. The topological polar surface area (TPSA) is 49.3 Å². The number of benzene rings is 4. The number of phenols is 1. The number of hydrogen-bond donors (Lipinski definition) is 1. The number of hydrogen-bond acceptors (Lipinski definition) is 4. The molecular formula is C46H48N3OPt-. The van der Waals surface area contributed by atoms with Crippen molar-refractivity contribution in [1.29, 1.82) is 0 Å². The number of fused-ring (bicyclic) bond motifs is 3. The molecule has 4 aromatic carbocycles. The van der Waals surface area contributed by atoms with Crippen molar-refractivity contribution < 1.29 is 26.2 Å². The zero-order valence-electron chi connectivity index (χ0n) is 31.7. The maximum atomic E-state index is 11.9. The number of rotatable bonds is 3. The van der Waals surface area contributed by atoms with Crippen LogP contribution in [0.4, 0.5) is 17.2 Å². The summed E-state index contributed by atoms with van der Waals surface area (Å²) in [6, 6.07) is 31.9. The van der Waals surface area contributed by atoms with E-state index in [4.69, 9.17) is 9.97 Å². The Balaban J connectivity index is 0.00000448. The van der Waals surface area contributed by atoms with Crippen LogP contribution in [0.1, 0.15) is 94.3 Å². The van der Waals surface area contributed by atoms with Gasteiger partial charge in [0.05, 0.1) is 0 Å². The smallest absolute Gasteiger partial charge is 0.144 e. The minimum Gasteiger partial charge on any atom is -0.505 e. The minimum absolute atomic E-state index is 0. The van der Waals surface area contributed by atoms with Crippen molar-refractivity contribution in [2.45, 2.75) is 92.4 Å². The number of aryl methyl sites for hydroxylation is 3. The van der Waals surface area contributed by atoms with Gasteiger partial charge in [0.15, 0.2) is 0 Å². The van der Waals surface area contributed by atoms with E-state index in [2.05, 4.69) is 166 Å². The Morgan fingerprint density at radius 2 is 1.45 bits per heavy atom. The number of phenolic OH excluding ortho intramolecular Hbond substituents is 1. The Kier molecular flexibility index (Phi) is 9.12. The molecule has 0 fully saturated rings. The Morgan fingerprint density at radius 1 is 0.765 bits per heavy atom. The molecule has 0 saturated carbocycles. The van der Waals surface area contributed by atoms with Crippen LogP contribution in [0.3, 0.4) is 0 Å². The van der Waals surface area contributed by atoms with Gasteiger partial charge in [0.1, 0.15) is 17.1 Å². The number of nitrogens with zero attached hydrogens (tertiary/aromatic N) is 3. The Morgan fingerprint density at radius 3 is 2.12 bits per heavy atom. The van der Waals surface area contributed by atoms with Crippen LogP contribution in [-0.4, -0.2) is 15.1 Å². The molecule has 1 aliphatic rings.